The Bertz CT molecular complexity index is 1350. The number of carbonyl (C=O) groups excluding carboxylic acids is 2. The van der Waals surface area contributed by atoms with E-state index in [0.717, 1.165) is 16.9 Å². The number of aromatic nitrogens is 1. The molecule has 36 heavy (non-hydrogen) atoms. The van der Waals surface area contributed by atoms with Crippen molar-refractivity contribution in [1.82, 2.24) is 10.3 Å². The smallest absolute Gasteiger partial charge is 0.408 e. The summed E-state index contributed by atoms with van der Waals surface area (Å²) in [5.41, 5.74) is 0.0462. The van der Waals surface area contributed by atoms with E-state index in [4.69, 9.17) is 9.47 Å². The van der Waals surface area contributed by atoms with Crippen LogP contribution in [0, 0.1) is 0 Å². The minimum Gasteiger partial charge on any atom is -0.456 e. The molecule has 0 aliphatic heterocycles. The molecule has 3 rings (SSSR count). The van der Waals surface area contributed by atoms with Gasteiger partial charge >= 0.3 is 12.1 Å². The summed E-state index contributed by atoms with van der Waals surface area (Å²) in [4.78, 5) is 28.8. The van der Waals surface area contributed by atoms with Crippen molar-refractivity contribution in [2.24, 2.45) is 0 Å². The van der Waals surface area contributed by atoms with Crippen molar-refractivity contribution in [2.45, 2.75) is 68.4 Å². The van der Waals surface area contributed by atoms with Crippen molar-refractivity contribution in [3.05, 3.63) is 65.3 Å². The van der Waals surface area contributed by atoms with Crippen LogP contribution in [-0.2, 0) is 25.9 Å². The second-order valence-electron chi connectivity index (χ2n) is 10.0. The van der Waals surface area contributed by atoms with E-state index in [1.807, 2.05) is 30.3 Å². The summed E-state index contributed by atoms with van der Waals surface area (Å²) < 4.78 is 37.7. The van der Waals surface area contributed by atoms with Gasteiger partial charge in [0.2, 0.25) is 9.84 Å². The normalized spacial score (nSPS) is 12.2. The third-order valence-corrected chi connectivity index (χ3v) is 7.73. The fraction of sp³-hybridized carbons (Fsp3) is 0.346. The monoisotopic (exact) mass is 530 g/mol. The summed E-state index contributed by atoms with van der Waals surface area (Å²) in [6, 6.07) is 13.6. The van der Waals surface area contributed by atoms with E-state index >= 15 is 0 Å². The van der Waals surface area contributed by atoms with Crippen LogP contribution in [0.25, 0.3) is 11.1 Å². The fourth-order valence-corrected chi connectivity index (χ4v) is 5.68. The van der Waals surface area contributed by atoms with Crippen LogP contribution in [0.3, 0.4) is 0 Å². The third kappa shape index (κ3) is 7.38. The average molecular weight is 531 g/mol. The number of nitrogens with one attached hydrogen (secondary N) is 1. The van der Waals surface area contributed by atoms with Crippen molar-refractivity contribution >= 4 is 33.2 Å². The number of carbonyl (C=O) groups is 2. The zero-order chi connectivity index (χ0) is 26.7. The van der Waals surface area contributed by atoms with Gasteiger partial charge < -0.3 is 14.8 Å². The zero-order valence-electron chi connectivity index (χ0n) is 21.1. The van der Waals surface area contributed by atoms with Gasteiger partial charge in [0.05, 0.1) is 23.2 Å². The molecule has 1 aromatic heterocycles. The van der Waals surface area contributed by atoms with Crippen LogP contribution in [0.4, 0.5) is 4.79 Å². The fourth-order valence-electron chi connectivity index (χ4n) is 3.08. The lowest BCUT2D eigenvalue weighted by atomic mass is 10.0. The standard InChI is InChI=1S/C26H30N2O6S2/c1-25(2,3)33-23(29)19-12-18(17-10-8-7-9-11-17)13-20(14-19)36(31,32)22-16-27-21(35-22)15-28-24(30)34-26(4,5)6/h7-14,16H,15H2,1-6H3,(H,28,30). The Morgan fingerprint density at radius 3 is 2.17 bits per heavy atom. The lowest BCUT2D eigenvalue weighted by Gasteiger charge is -2.20. The highest BCUT2D eigenvalue weighted by atomic mass is 32.2. The Labute approximate surface area is 215 Å². The highest BCUT2D eigenvalue weighted by Gasteiger charge is 2.26. The quantitative estimate of drug-likeness (QED) is 0.412. The molecule has 0 saturated carbocycles. The minimum absolute atomic E-state index is 0.0103. The highest BCUT2D eigenvalue weighted by Crippen LogP contribution is 2.31. The van der Waals surface area contributed by atoms with E-state index < -0.39 is 33.1 Å². The second-order valence-corrected chi connectivity index (χ2v) is 13.3. The van der Waals surface area contributed by atoms with Gasteiger partial charge in [0.15, 0.2) is 0 Å². The molecule has 0 aliphatic carbocycles. The largest absolute Gasteiger partial charge is 0.456 e. The van der Waals surface area contributed by atoms with E-state index in [0.29, 0.717) is 10.6 Å². The van der Waals surface area contributed by atoms with Gasteiger partial charge in [-0.05, 0) is 70.9 Å². The molecular formula is C26H30N2O6S2. The molecule has 10 heteroatoms. The molecule has 0 fully saturated rings. The molecule has 2 aromatic carbocycles. The second kappa shape index (κ2) is 10.4. The van der Waals surface area contributed by atoms with E-state index in [9.17, 15) is 18.0 Å². The number of esters is 1. The van der Waals surface area contributed by atoms with E-state index in [1.54, 1.807) is 47.6 Å². The summed E-state index contributed by atoms with van der Waals surface area (Å²) in [5, 5.41) is 2.96. The number of sulfone groups is 1. The van der Waals surface area contributed by atoms with E-state index in [2.05, 4.69) is 10.3 Å². The van der Waals surface area contributed by atoms with Gasteiger partial charge in [0, 0.05) is 0 Å². The number of ether oxygens (including phenoxy) is 2. The zero-order valence-corrected chi connectivity index (χ0v) is 22.7. The maximum atomic E-state index is 13.5. The molecule has 1 N–H and O–H groups in total. The summed E-state index contributed by atoms with van der Waals surface area (Å²) in [6.45, 7) is 10.5. The first-order valence-corrected chi connectivity index (χ1v) is 13.5. The van der Waals surface area contributed by atoms with Gasteiger partial charge in [-0.2, -0.15) is 0 Å². The van der Waals surface area contributed by atoms with Gasteiger partial charge in [0.25, 0.3) is 0 Å². The number of nitrogens with zero attached hydrogens (tertiary/aromatic N) is 1. The Balaban J connectivity index is 1.94. The van der Waals surface area contributed by atoms with Gasteiger partial charge in [-0.25, -0.2) is 23.0 Å². The summed E-state index contributed by atoms with van der Waals surface area (Å²) in [6.07, 6.45) is 0.619. The summed E-state index contributed by atoms with van der Waals surface area (Å²) in [5.74, 6) is -0.622. The van der Waals surface area contributed by atoms with E-state index in [-0.39, 0.29) is 21.2 Å². The number of hydrogen-bond donors (Lipinski definition) is 1. The third-order valence-electron chi connectivity index (χ3n) is 4.54. The molecule has 0 radical (unpaired) electrons. The first kappa shape index (κ1) is 27.3. The van der Waals surface area contributed by atoms with Gasteiger partial charge in [0.1, 0.15) is 20.4 Å². The minimum atomic E-state index is -4.01. The SMILES string of the molecule is CC(C)(C)OC(=O)NCc1ncc(S(=O)(=O)c2cc(C(=O)OC(C)(C)C)cc(-c3ccccc3)c2)s1. The van der Waals surface area contributed by atoms with Crippen molar-refractivity contribution < 1.29 is 27.5 Å². The lowest BCUT2D eigenvalue weighted by molar-refractivity contribution is 0.00689. The molecule has 192 valence electrons. The molecule has 0 aliphatic rings. The first-order chi connectivity index (χ1) is 16.6. The van der Waals surface area contributed by atoms with E-state index in [1.165, 1.54) is 18.3 Å². The Morgan fingerprint density at radius 1 is 0.917 bits per heavy atom. The van der Waals surface area contributed by atoms with Gasteiger partial charge in [-0.15, -0.1) is 11.3 Å². The molecule has 1 amide bonds. The van der Waals surface area contributed by atoms with Crippen LogP contribution in [0.5, 0.6) is 0 Å². The predicted molar refractivity (Wildman–Crippen MR) is 138 cm³/mol. The molecule has 0 unspecified atom stereocenters. The van der Waals surface area contributed by atoms with Crippen LogP contribution in [0.15, 0.2) is 63.8 Å². The van der Waals surface area contributed by atoms with Crippen LogP contribution in [0.2, 0.25) is 0 Å². The van der Waals surface area contributed by atoms with Gasteiger partial charge in [-0.1, -0.05) is 30.3 Å². The number of alkyl carbamates (subject to hydrolysis) is 1. The molecule has 0 spiro atoms. The molecule has 3 aromatic rings. The first-order valence-electron chi connectivity index (χ1n) is 11.2. The highest BCUT2D eigenvalue weighted by molar-refractivity contribution is 7.93. The van der Waals surface area contributed by atoms with Crippen LogP contribution < -0.4 is 5.32 Å². The van der Waals surface area contributed by atoms with Crippen molar-refractivity contribution in [3.8, 4) is 11.1 Å². The molecule has 8 nitrogen and oxygen atoms in total. The van der Waals surface area contributed by atoms with Crippen LogP contribution in [-0.4, -0.2) is 36.7 Å². The number of rotatable bonds is 6. The predicted octanol–water partition coefficient (Wildman–Crippen LogP) is 5.62. The molecule has 0 saturated heterocycles. The molecule has 1 heterocycles. The summed E-state index contributed by atoms with van der Waals surface area (Å²) in [7, 11) is -4.01. The van der Waals surface area contributed by atoms with Crippen molar-refractivity contribution in [2.75, 3.05) is 0 Å². The van der Waals surface area contributed by atoms with Crippen molar-refractivity contribution in [3.63, 3.8) is 0 Å². The van der Waals surface area contributed by atoms with Crippen molar-refractivity contribution in [1.29, 1.82) is 0 Å². The number of benzene rings is 2. The Morgan fingerprint density at radius 2 is 1.56 bits per heavy atom. The van der Waals surface area contributed by atoms with Crippen LogP contribution in [0.1, 0.15) is 56.9 Å². The van der Waals surface area contributed by atoms with Gasteiger partial charge in [-0.3, -0.25) is 0 Å². The topological polar surface area (TPSA) is 112 Å². The number of hydrogen-bond acceptors (Lipinski definition) is 8. The maximum Gasteiger partial charge on any atom is 0.408 e. The lowest BCUT2D eigenvalue weighted by Crippen LogP contribution is -2.32. The molecule has 0 bridgehead atoms. The molecular weight excluding hydrogens is 500 g/mol. The maximum absolute atomic E-state index is 13.5. The number of thiazole rings is 1. The summed E-state index contributed by atoms with van der Waals surface area (Å²) >= 11 is 0.935. The molecule has 0 atom stereocenters. The Kier molecular flexibility index (Phi) is 7.90. The number of amides is 1. The average Bonchev–Trinajstić information content (AvgIpc) is 3.26. The Hall–Kier alpha value is -3.24. The van der Waals surface area contributed by atoms with Crippen LogP contribution >= 0.6 is 11.3 Å².